The first-order valence-electron chi connectivity index (χ1n) is 9.86. The molecule has 3 rings (SSSR count). The van der Waals surface area contributed by atoms with Gasteiger partial charge in [0.1, 0.15) is 5.00 Å². The van der Waals surface area contributed by atoms with Gasteiger partial charge in [-0.05, 0) is 43.1 Å². The van der Waals surface area contributed by atoms with Crippen molar-refractivity contribution in [3.05, 3.63) is 46.3 Å². The van der Waals surface area contributed by atoms with Crippen LogP contribution in [0, 0.1) is 6.92 Å². The van der Waals surface area contributed by atoms with E-state index < -0.39 is 10.8 Å². The molecule has 1 aromatic carbocycles. The van der Waals surface area contributed by atoms with Gasteiger partial charge in [0.2, 0.25) is 0 Å². The van der Waals surface area contributed by atoms with Crippen molar-refractivity contribution in [3.8, 4) is 0 Å². The summed E-state index contributed by atoms with van der Waals surface area (Å²) in [6.45, 7) is 10.2. The third-order valence-corrected chi connectivity index (χ3v) is 7.30. The predicted molar refractivity (Wildman–Crippen MR) is 128 cm³/mol. The van der Waals surface area contributed by atoms with Crippen LogP contribution in [0.4, 0.5) is 15.5 Å². The minimum absolute atomic E-state index is 0.0601. The summed E-state index contributed by atoms with van der Waals surface area (Å²) in [6.07, 6.45) is 0.772. The van der Waals surface area contributed by atoms with Crippen LogP contribution in [0.3, 0.4) is 0 Å². The fourth-order valence-corrected chi connectivity index (χ4v) is 4.99. The standard InChI is InChI=1S/C17H20N2O2S.C5H11NOS/c1-11-6-5-7-13(8-11)18-16(21)19-15-12(10-20)9-14(22-15)17(2,3)4;1-6-2-4-8(7)5-3-6/h5-10H,1-4H3,(H2,18,19,21);2-5H2,1H3. The quantitative estimate of drug-likeness (QED) is 0.677. The zero-order chi connectivity index (χ0) is 22.3. The van der Waals surface area contributed by atoms with Gasteiger partial charge in [-0.3, -0.25) is 14.3 Å². The average molecular weight is 450 g/mol. The summed E-state index contributed by atoms with van der Waals surface area (Å²) >= 11 is 1.43. The smallest absolute Gasteiger partial charge is 0.308 e. The van der Waals surface area contributed by atoms with E-state index in [1.807, 2.05) is 37.3 Å². The van der Waals surface area contributed by atoms with Gasteiger partial charge < -0.3 is 10.2 Å². The Hall–Kier alpha value is -2.03. The van der Waals surface area contributed by atoms with Crippen LogP contribution in [-0.2, 0) is 16.2 Å². The summed E-state index contributed by atoms with van der Waals surface area (Å²) < 4.78 is 10.7. The van der Waals surface area contributed by atoms with Crippen LogP contribution in [0.25, 0.3) is 0 Å². The minimum Gasteiger partial charge on any atom is -0.308 e. The summed E-state index contributed by atoms with van der Waals surface area (Å²) in [4.78, 5) is 26.5. The highest BCUT2D eigenvalue weighted by Gasteiger charge is 2.20. The van der Waals surface area contributed by atoms with Gasteiger partial charge in [0.05, 0.1) is 0 Å². The predicted octanol–water partition coefficient (Wildman–Crippen LogP) is 4.49. The molecule has 8 heteroatoms. The molecule has 30 heavy (non-hydrogen) atoms. The Morgan fingerprint density at radius 1 is 1.17 bits per heavy atom. The number of carbonyl (C=O) groups excluding carboxylic acids is 2. The monoisotopic (exact) mass is 449 g/mol. The zero-order valence-corrected chi connectivity index (χ0v) is 19.9. The third-order valence-electron chi connectivity index (χ3n) is 4.53. The fourth-order valence-electron chi connectivity index (χ4n) is 2.68. The third kappa shape index (κ3) is 7.66. The Kier molecular flexibility index (Phi) is 8.76. The number of nitrogens with zero attached hydrogens (tertiary/aromatic N) is 1. The maximum Gasteiger partial charge on any atom is 0.324 e. The lowest BCUT2D eigenvalue weighted by Gasteiger charge is -2.20. The molecule has 0 saturated carbocycles. The highest BCUT2D eigenvalue weighted by molar-refractivity contribution is 7.85. The van der Waals surface area contributed by atoms with Crippen molar-refractivity contribution in [2.75, 3.05) is 42.3 Å². The number of amides is 2. The molecule has 2 aromatic rings. The molecule has 2 N–H and O–H groups in total. The largest absolute Gasteiger partial charge is 0.324 e. The van der Waals surface area contributed by atoms with E-state index in [0.29, 0.717) is 10.6 Å². The molecule has 1 aromatic heterocycles. The molecule has 2 heterocycles. The number of benzene rings is 1. The number of aldehydes is 1. The first-order valence-corrected chi connectivity index (χ1v) is 12.2. The van der Waals surface area contributed by atoms with E-state index in [0.717, 1.165) is 47.0 Å². The summed E-state index contributed by atoms with van der Waals surface area (Å²) in [5, 5.41) is 6.10. The van der Waals surface area contributed by atoms with Gasteiger partial charge in [-0.25, -0.2) is 4.79 Å². The highest BCUT2D eigenvalue weighted by Crippen LogP contribution is 2.35. The van der Waals surface area contributed by atoms with E-state index in [2.05, 4.69) is 43.4 Å². The van der Waals surface area contributed by atoms with Crippen LogP contribution in [0.2, 0.25) is 0 Å². The van der Waals surface area contributed by atoms with Gasteiger partial charge in [0.15, 0.2) is 6.29 Å². The summed E-state index contributed by atoms with van der Waals surface area (Å²) in [5.41, 5.74) is 2.24. The lowest BCUT2D eigenvalue weighted by atomic mass is 9.94. The number of rotatable bonds is 3. The van der Waals surface area contributed by atoms with Crippen molar-refractivity contribution in [2.24, 2.45) is 0 Å². The summed E-state index contributed by atoms with van der Waals surface area (Å²) in [5.74, 6) is 1.74. The molecule has 1 aliphatic heterocycles. The number of hydrogen-bond donors (Lipinski definition) is 2. The van der Waals surface area contributed by atoms with Gasteiger partial charge in [-0.1, -0.05) is 32.9 Å². The second-order valence-electron chi connectivity index (χ2n) is 8.36. The van der Waals surface area contributed by atoms with Crippen molar-refractivity contribution < 1.29 is 13.8 Å². The van der Waals surface area contributed by atoms with Crippen LogP contribution in [0.15, 0.2) is 30.3 Å². The second kappa shape index (κ2) is 10.8. The maximum atomic E-state index is 12.1. The Bertz CT molecular complexity index is 893. The molecular formula is C22H31N3O3S2. The van der Waals surface area contributed by atoms with Crippen molar-refractivity contribution in [2.45, 2.75) is 33.1 Å². The van der Waals surface area contributed by atoms with E-state index in [1.54, 1.807) is 0 Å². The number of hydrogen-bond acceptors (Lipinski definition) is 5. The molecule has 1 fully saturated rings. The maximum absolute atomic E-state index is 12.1. The Labute approximate surface area is 185 Å². The van der Waals surface area contributed by atoms with Crippen molar-refractivity contribution in [1.82, 2.24) is 4.90 Å². The lowest BCUT2D eigenvalue weighted by Crippen LogP contribution is -2.34. The first kappa shape index (κ1) is 24.2. The molecule has 0 aliphatic carbocycles. The number of thiophene rings is 1. The number of aryl methyl sites for hydroxylation is 1. The molecule has 0 radical (unpaired) electrons. The molecule has 6 nitrogen and oxygen atoms in total. The molecule has 164 valence electrons. The number of nitrogens with one attached hydrogen (secondary N) is 2. The van der Waals surface area contributed by atoms with Gasteiger partial charge in [-0.2, -0.15) is 0 Å². The molecule has 0 bridgehead atoms. The molecule has 2 amide bonds. The van der Waals surface area contributed by atoms with Crippen molar-refractivity contribution in [1.29, 1.82) is 0 Å². The van der Waals surface area contributed by atoms with Gasteiger partial charge in [-0.15, -0.1) is 11.3 Å². The lowest BCUT2D eigenvalue weighted by molar-refractivity contribution is 0.112. The Morgan fingerprint density at radius 2 is 1.83 bits per heavy atom. The first-order chi connectivity index (χ1) is 14.1. The summed E-state index contributed by atoms with van der Waals surface area (Å²) in [6, 6.07) is 9.03. The second-order valence-corrected chi connectivity index (χ2v) is 11.1. The van der Waals surface area contributed by atoms with E-state index in [9.17, 15) is 13.8 Å². The average Bonchev–Trinajstić information content (AvgIpc) is 3.08. The molecule has 0 unspecified atom stereocenters. The Balaban J connectivity index is 0.000000335. The van der Waals surface area contributed by atoms with E-state index in [1.165, 1.54) is 11.3 Å². The number of anilines is 2. The Morgan fingerprint density at radius 3 is 2.37 bits per heavy atom. The zero-order valence-electron chi connectivity index (χ0n) is 18.3. The number of urea groups is 1. The molecule has 0 atom stereocenters. The van der Waals surface area contributed by atoms with Crippen LogP contribution < -0.4 is 10.6 Å². The number of carbonyl (C=O) groups is 2. The normalized spacial score (nSPS) is 15.1. The van der Waals surface area contributed by atoms with Crippen LogP contribution in [0.5, 0.6) is 0 Å². The topological polar surface area (TPSA) is 78.5 Å². The highest BCUT2D eigenvalue weighted by atomic mass is 32.2. The van der Waals surface area contributed by atoms with Gasteiger partial charge in [0.25, 0.3) is 0 Å². The van der Waals surface area contributed by atoms with Crippen LogP contribution >= 0.6 is 11.3 Å². The molecule has 1 saturated heterocycles. The minimum atomic E-state index is -0.503. The summed E-state index contributed by atoms with van der Waals surface area (Å²) in [7, 11) is 1.56. The van der Waals surface area contributed by atoms with E-state index in [-0.39, 0.29) is 11.4 Å². The fraction of sp³-hybridized carbons (Fsp3) is 0.455. The van der Waals surface area contributed by atoms with E-state index >= 15 is 0 Å². The SMILES string of the molecule is CN1CCS(=O)CC1.Cc1cccc(NC(=O)Nc2sc(C(C)(C)C)cc2C=O)c1. The molecule has 1 aliphatic rings. The van der Waals surface area contributed by atoms with Crippen molar-refractivity contribution >= 4 is 45.1 Å². The molecular weight excluding hydrogens is 418 g/mol. The van der Waals surface area contributed by atoms with Crippen LogP contribution in [-0.4, -0.2) is 53.1 Å². The van der Waals surface area contributed by atoms with Gasteiger partial charge >= 0.3 is 6.03 Å². The molecule has 0 spiro atoms. The van der Waals surface area contributed by atoms with E-state index in [4.69, 9.17) is 0 Å². The van der Waals surface area contributed by atoms with Crippen LogP contribution in [0.1, 0.15) is 41.6 Å². The van der Waals surface area contributed by atoms with Crippen molar-refractivity contribution in [3.63, 3.8) is 0 Å². The van der Waals surface area contributed by atoms with Gasteiger partial charge in [0, 0.05) is 51.5 Å².